The number of alkyl halides is 3. The highest BCUT2D eigenvalue weighted by atomic mass is 35.6. The van der Waals surface area contributed by atoms with E-state index in [1.54, 1.807) is 31.2 Å². The van der Waals surface area contributed by atoms with Crippen LogP contribution < -0.4 is 4.90 Å². The number of nitrogens with zero attached hydrogens (tertiary/aromatic N) is 1. The van der Waals surface area contributed by atoms with Crippen LogP contribution >= 0.6 is 34.8 Å². The van der Waals surface area contributed by atoms with Crippen molar-refractivity contribution >= 4 is 52.2 Å². The van der Waals surface area contributed by atoms with Crippen molar-refractivity contribution in [1.29, 1.82) is 0 Å². The summed E-state index contributed by atoms with van der Waals surface area (Å²) in [5, 5.41) is 0. The Kier molecular flexibility index (Phi) is 5.02. The van der Waals surface area contributed by atoms with Crippen LogP contribution in [0.25, 0.3) is 0 Å². The van der Waals surface area contributed by atoms with Gasteiger partial charge in [0.05, 0.1) is 5.69 Å². The van der Waals surface area contributed by atoms with E-state index in [2.05, 4.69) is 0 Å². The molecule has 0 aliphatic rings. The molecule has 0 bridgehead atoms. The summed E-state index contributed by atoms with van der Waals surface area (Å²) in [7, 11) is 0. The molecule has 1 aromatic rings. The summed E-state index contributed by atoms with van der Waals surface area (Å²) < 4.78 is -2.04. The van der Waals surface area contributed by atoms with E-state index < -0.39 is 9.70 Å². The number of hydrogen-bond donors (Lipinski definition) is 0. The van der Waals surface area contributed by atoms with Crippen molar-refractivity contribution in [3.05, 3.63) is 29.8 Å². The molecular weight excluding hydrogens is 296 g/mol. The van der Waals surface area contributed by atoms with E-state index in [0.29, 0.717) is 17.8 Å². The molecular formula is C12H12Cl3NO2. The van der Waals surface area contributed by atoms with Gasteiger partial charge in [0.25, 0.3) is 9.70 Å². The molecule has 0 N–H and O–H groups in total. The number of rotatable bonds is 3. The van der Waals surface area contributed by atoms with Gasteiger partial charge < -0.3 is 4.90 Å². The van der Waals surface area contributed by atoms with Gasteiger partial charge in [-0.3, -0.25) is 9.59 Å². The average Bonchev–Trinajstić information content (AvgIpc) is 2.29. The van der Waals surface area contributed by atoms with Gasteiger partial charge in [-0.15, -0.1) is 0 Å². The van der Waals surface area contributed by atoms with E-state index in [1.807, 2.05) is 0 Å². The van der Waals surface area contributed by atoms with Gasteiger partial charge in [-0.05, 0) is 26.0 Å². The summed E-state index contributed by atoms with van der Waals surface area (Å²) in [6, 6.07) is 6.71. The minimum Gasteiger partial charge on any atom is -0.308 e. The molecule has 0 fully saturated rings. The average molecular weight is 309 g/mol. The molecule has 6 heteroatoms. The zero-order valence-corrected chi connectivity index (χ0v) is 12.2. The molecule has 0 heterocycles. The maximum atomic E-state index is 12.0. The summed E-state index contributed by atoms with van der Waals surface area (Å²) in [5.41, 5.74) is 0.866. The topological polar surface area (TPSA) is 37.4 Å². The van der Waals surface area contributed by atoms with Crippen LogP contribution in [0.15, 0.2) is 24.3 Å². The molecule has 3 nitrogen and oxygen atoms in total. The molecule has 0 unspecified atom stereocenters. The quantitative estimate of drug-likeness (QED) is 0.632. The number of para-hydroxylation sites is 1. The first kappa shape index (κ1) is 15.3. The number of halogens is 3. The molecule has 0 aliphatic carbocycles. The van der Waals surface area contributed by atoms with Gasteiger partial charge in [0.15, 0.2) is 5.78 Å². The van der Waals surface area contributed by atoms with Crippen molar-refractivity contribution in [3.63, 3.8) is 0 Å². The minimum atomic E-state index is -2.04. The Morgan fingerprint density at radius 3 is 2.22 bits per heavy atom. The minimum absolute atomic E-state index is 0.152. The molecule has 0 spiro atoms. The summed E-state index contributed by atoms with van der Waals surface area (Å²) in [6.07, 6.45) is 0. The second kappa shape index (κ2) is 5.91. The van der Waals surface area contributed by atoms with E-state index >= 15 is 0 Å². The molecule has 0 aliphatic heterocycles. The van der Waals surface area contributed by atoms with Crippen molar-refractivity contribution in [2.75, 3.05) is 11.4 Å². The normalized spacial score (nSPS) is 11.2. The number of amides is 1. The van der Waals surface area contributed by atoms with Crippen LogP contribution in [0, 0.1) is 0 Å². The van der Waals surface area contributed by atoms with Gasteiger partial charge in [-0.25, -0.2) is 0 Å². The van der Waals surface area contributed by atoms with Gasteiger partial charge in [0, 0.05) is 12.1 Å². The summed E-state index contributed by atoms with van der Waals surface area (Å²) in [6.45, 7) is 3.47. The fourth-order valence-corrected chi connectivity index (χ4v) is 1.89. The Hall–Kier alpha value is -0.770. The van der Waals surface area contributed by atoms with E-state index in [-0.39, 0.29) is 5.78 Å². The first-order valence-electron chi connectivity index (χ1n) is 5.27. The van der Waals surface area contributed by atoms with Crippen molar-refractivity contribution < 1.29 is 9.59 Å². The SMILES string of the molecule is CCN(C(=O)C(Cl)(Cl)Cl)c1ccccc1C(C)=O. The summed E-state index contributed by atoms with van der Waals surface area (Å²) in [4.78, 5) is 24.8. The van der Waals surface area contributed by atoms with Crippen LogP contribution in [0.2, 0.25) is 0 Å². The highest BCUT2D eigenvalue weighted by Crippen LogP contribution is 2.32. The van der Waals surface area contributed by atoms with Gasteiger partial charge in [-0.2, -0.15) is 0 Å². The smallest absolute Gasteiger partial charge is 0.279 e. The number of carbonyl (C=O) groups is 2. The lowest BCUT2D eigenvalue weighted by Crippen LogP contribution is -2.40. The number of anilines is 1. The standard InChI is InChI=1S/C12H12Cl3NO2/c1-3-16(11(18)12(13,14)15)10-7-5-4-6-9(10)8(2)17/h4-7H,3H2,1-2H3. The third kappa shape index (κ3) is 3.37. The predicted octanol–water partition coefficient (Wildman–Crippen LogP) is 3.61. The van der Waals surface area contributed by atoms with Crippen LogP contribution in [-0.2, 0) is 4.79 Å². The molecule has 0 radical (unpaired) electrons. The monoisotopic (exact) mass is 307 g/mol. The Bertz CT molecular complexity index is 469. The third-order valence-corrected chi connectivity index (χ3v) is 2.86. The van der Waals surface area contributed by atoms with Gasteiger partial charge in [-0.1, -0.05) is 46.9 Å². The molecule has 98 valence electrons. The first-order valence-corrected chi connectivity index (χ1v) is 6.41. The highest BCUT2D eigenvalue weighted by molar-refractivity contribution is 6.77. The summed E-state index contributed by atoms with van der Waals surface area (Å²) >= 11 is 16.8. The molecule has 18 heavy (non-hydrogen) atoms. The van der Waals surface area contributed by atoms with Crippen LogP contribution in [0.3, 0.4) is 0 Å². The van der Waals surface area contributed by atoms with Crippen LogP contribution in [-0.4, -0.2) is 22.0 Å². The molecule has 1 rings (SSSR count). The molecule has 0 saturated heterocycles. The zero-order chi connectivity index (χ0) is 13.9. The van der Waals surface area contributed by atoms with Crippen LogP contribution in [0.1, 0.15) is 24.2 Å². The van der Waals surface area contributed by atoms with Crippen molar-refractivity contribution in [2.24, 2.45) is 0 Å². The van der Waals surface area contributed by atoms with E-state index in [4.69, 9.17) is 34.8 Å². The molecule has 0 saturated carbocycles. The summed E-state index contributed by atoms with van der Waals surface area (Å²) in [5.74, 6) is -0.829. The number of Topliss-reactive ketones (excluding diaryl/α,β-unsaturated/α-hetero) is 1. The molecule has 1 aromatic carbocycles. The second-order valence-electron chi connectivity index (χ2n) is 3.62. The first-order chi connectivity index (χ1) is 8.29. The number of carbonyl (C=O) groups excluding carboxylic acids is 2. The molecule has 1 amide bonds. The fourth-order valence-electron chi connectivity index (χ4n) is 1.58. The largest absolute Gasteiger partial charge is 0.308 e. The second-order valence-corrected chi connectivity index (χ2v) is 5.90. The highest BCUT2D eigenvalue weighted by Gasteiger charge is 2.36. The lowest BCUT2D eigenvalue weighted by Gasteiger charge is -2.26. The Balaban J connectivity index is 3.26. The molecule has 0 atom stereocenters. The third-order valence-electron chi connectivity index (χ3n) is 2.38. The van der Waals surface area contributed by atoms with Crippen molar-refractivity contribution in [2.45, 2.75) is 17.6 Å². The predicted molar refractivity (Wildman–Crippen MR) is 74.8 cm³/mol. The fraction of sp³-hybridized carbons (Fsp3) is 0.333. The van der Waals surface area contributed by atoms with Crippen LogP contribution in [0.5, 0.6) is 0 Å². The van der Waals surface area contributed by atoms with Gasteiger partial charge in [0.1, 0.15) is 0 Å². The van der Waals surface area contributed by atoms with Crippen LogP contribution in [0.4, 0.5) is 5.69 Å². The number of hydrogen-bond acceptors (Lipinski definition) is 2. The van der Waals surface area contributed by atoms with E-state index in [0.717, 1.165) is 0 Å². The number of benzene rings is 1. The van der Waals surface area contributed by atoms with Crippen molar-refractivity contribution in [1.82, 2.24) is 0 Å². The Morgan fingerprint density at radius 1 is 1.22 bits per heavy atom. The maximum Gasteiger partial charge on any atom is 0.279 e. The molecule has 0 aromatic heterocycles. The Morgan fingerprint density at radius 2 is 1.78 bits per heavy atom. The van der Waals surface area contributed by atoms with Gasteiger partial charge in [0.2, 0.25) is 0 Å². The maximum absolute atomic E-state index is 12.0. The lowest BCUT2D eigenvalue weighted by molar-refractivity contribution is -0.117. The van der Waals surface area contributed by atoms with E-state index in [1.165, 1.54) is 11.8 Å². The lowest BCUT2D eigenvalue weighted by atomic mass is 10.1. The number of ketones is 1. The Labute approximate surface area is 121 Å². The van der Waals surface area contributed by atoms with Gasteiger partial charge >= 0.3 is 0 Å². The zero-order valence-electron chi connectivity index (χ0n) is 9.91. The van der Waals surface area contributed by atoms with Crippen molar-refractivity contribution in [3.8, 4) is 0 Å². The van der Waals surface area contributed by atoms with E-state index in [9.17, 15) is 9.59 Å².